The zero-order chi connectivity index (χ0) is 14.8. The van der Waals surface area contributed by atoms with Gasteiger partial charge >= 0.3 is 0 Å². The van der Waals surface area contributed by atoms with E-state index in [1.165, 1.54) is 11.1 Å². The van der Waals surface area contributed by atoms with Crippen LogP contribution in [0.15, 0.2) is 52.1 Å². The van der Waals surface area contributed by atoms with E-state index in [1.807, 2.05) is 18.2 Å². The van der Waals surface area contributed by atoms with Gasteiger partial charge in [-0.15, -0.1) is 0 Å². The highest BCUT2D eigenvalue weighted by atomic mass is 79.9. The molecule has 1 aliphatic rings. The summed E-state index contributed by atoms with van der Waals surface area (Å²) in [6.07, 6.45) is 1.05. The molecular weight excluding hydrogens is 330 g/mol. The molecule has 108 valence electrons. The van der Waals surface area contributed by atoms with Crippen LogP contribution in [0.25, 0.3) is 0 Å². The molecule has 1 aliphatic heterocycles. The normalized spacial score (nSPS) is 14.9. The third-order valence-corrected chi connectivity index (χ3v) is 4.46. The summed E-state index contributed by atoms with van der Waals surface area (Å²) in [5.41, 5.74) is 10.2. The van der Waals surface area contributed by atoms with Crippen molar-refractivity contribution in [1.82, 2.24) is 0 Å². The van der Waals surface area contributed by atoms with Gasteiger partial charge in [0.05, 0.1) is 5.69 Å². The number of hydrogen-bond acceptors (Lipinski definition) is 3. The van der Waals surface area contributed by atoms with Crippen LogP contribution >= 0.6 is 15.9 Å². The molecule has 2 aromatic rings. The fourth-order valence-electron chi connectivity index (χ4n) is 2.68. The lowest BCUT2D eigenvalue weighted by atomic mass is 9.99. The number of oxime groups is 1. The zero-order valence-corrected chi connectivity index (χ0v) is 13.0. The number of benzene rings is 2. The Labute approximate surface area is 132 Å². The van der Waals surface area contributed by atoms with Crippen molar-refractivity contribution < 1.29 is 5.21 Å². The van der Waals surface area contributed by atoms with Gasteiger partial charge in [-0.2, -0.15) is 0 Å². The van der Waals surface area contributed by atoms with Crippen LogP contribution in [0.5, 0.6) is 0 Å². The average Bonchev–Trinajstić information content (AvgIpc) is 2.53. The summed E-state index contributed by atoms with van der Waals surface area (Å²) in [4.78, 5) is 2.34. The second-order valence-corrected chi connectivity index (χ2v) is 5.95. The maximum atomic E-state index is 8.74. The molecular formula is C16H16BrN3O. The summed E-state index contributed by atoms with van der Waals surface area (Å²) in [7, 11) is 0. The first-order valence-corrected chi connectivity index (χ1v) is 7.57. The molecule has 0 saturated heterocycles. The summed E-state index contributed by atoms with van der Waals surface area (Å²) in [6, 6.07) is 14.3. The predicted octanol–water partition coefficient (Wildman–Crippen LogP) is 3.11. The highest BCUT2D eigenvalue weighted by Gasteiger charge is 2.18. The molecule has 3 N–H and O–H groups in total. The van der Waals surface area contributed by atoms with Crippen LogP contribution in [-0.2, 0) is 13.0 Å². The Hall–Kier alpha value is -2.01. The standard InChI is InChI=1S/C16H16BrN3O/c17-14-9-12(16(18)19-21)5-6-15(14)20-8-7-11-3-1-2-4-13(11)10-20/h1-6,9,21H,7-8,10H2,(H2,18,19). The molecule has 3 rings (SSSR count). The van der Waals surface area contributed by atoms with Gasteiger partial charge in [0.2, 0.25) is 0 Å². The van der Waals surface area contributed by atoms with Crippen LogP contribution in [-0.4, -0.2) is 17.6 Å². The lowest BCUT2D eigenvalue weighted by molar-refractivity contribution is 0.318. The van der Waals surface area contributed by atoms with Crippen LogP contribution in [0.1, 0.15) is 16.7 Å². The topological polar surface area (TPSA) is 61.9 Å². The minimum Gasteiger partial charge on any atom is -0.409 e. The number of rotatable bonds is 2. The number of halogens is 1. The predicted molar refractivity (Wildman–Crippen MR) is 87.8 cm³/mol. The lowest BCUT2D eigenvalue weighted by Gasteiger charge is -2.31. The van der Waals surface area contributed by atoms with Gasteiger partial charge in [0, 0.05) is 23.1 Å². The van der Waals surface area contributed by atoms with E-state index in [0.29, 0.717) is 5.56 Å². The number of nitrogens with two attached hydrogens (primary N) is 1. The van der Waals surface area contributed by atoms with Crippen molar-refractivity contribution >= 4 is 27.5 Å². The Morgan fingerprint density at radius 2 is 1.95 bits per heavy atom. The zero-order valence-electron chi connectivity index (χ0n) is 11.5. The molecule has 5 heteroatoms. The number of anilines is 1. The van der Waals surface area contributed by atoms with Gasteiger partial charge in [0.25, 0.3) is 0 Å². The van der Waals surface area contributed by atoms with E-state index in [2.05, 4.69) is 50.3 Å². The first-order chi connectivity index (χ1) is 10.2. The fraction of sp³-hybridized carbons (Fsp3) is 0.188. The summed E-state index contributed by atoms with van der Waals surface area (Å²) < 4.78 is 0.950. The maximum absolute atomic E-state index is 8.74. The largest absolute Gasteiger partial charge is 0.409 e. The molecule has 21 heavy (non-hydrogen) atoms. The Balaban J connectivity index is 1.89. The number of amidine groups is 1. The van der Waals surface area contributed by atoms with E-state index in [9.17, 15) is 0 Å². The molecule has 0 atom stereocenters. The summed E-state index contributed by atoms with van der Waals surface area (Å²) in [5.74, 6) is 0.117. The smallest absolute Gasteiger partial charge is 0.170 e. The summed E-state index contributed by atoms with van der Waals surface area (Å²) in [5, 5.41) is 11.8. The van der Waals surface area contributed by atoms with E-state index in [-0.39, 0.29) is 5.84 Å². The van der Waals surface area contributed by atoms with Crippen LogP contribution in [0.4, 0.5) is 5.69 Å². The van der Waals surface area contributed by atoms with E-state index in [4.69, 9.17) is 10.9 Å². The molecule has 0 aliphatic carbocycles. The van der Waals surface area contributed by atoms with Crippen LogP contribution < -0.4 is 10.6 Å². The lowest BCUT2D eigenvalue weighted by Crippen LogP contribution is -2.30. The van der Waals surface area contributed by atoms with Gasteiger partial charge in [0.1, 0.15) is 0 Å². The molecule has 0 spiro atoms. The third-order valence-electron chi connectivity index (χ3n) is 3.82. The molecule has 0 bridgehead atoms. The molecule has 2 aromatic carbocycles. The van der Waals surface area contributed by atoms with Gasteiger partial charge in [-0.1, -0.05) is 29.4 Å². The van der Waals surface area contributed by atoms with Gasteiger partial charge in [-0.3, -0.25) is 0 Å². The highest BCUT2D eigenvalue weighted by molar-refractivity contribution is 9.10. The first-order valence-electron chi connectivity index (χ1n) is 6.78. The van der Waals surface area contributed by atoms with Gasteiger partial charge in [0.15, 0.2) is 5.84 Å². The van der Waals surface area contributed by atoms with Crippen molar-refractivity contribution in [2.45, 2.75) is 13.0 Å². The highest BCUT2D eigenvalue weighted by Crippen LogP contribution is 2.31. The third kappa shape index (κ3) is 2.74. The quantitative estimate of drug-likeness (QED) is 0.380. The number of nitrogens with zero attached hydrogens (tertiary/aromatic N) is 2. The molecule has 0 unspecified atom stereocenters. The Kier molecular flexibility index (Phi) is 3.84. The van der Waals surface area contributed by atoms with Gasteiger partial charge in [-0.25, -0.2) is 0 Å². The van der Waals surface area contributed by atoms with Gasteiger partial charge < -0.3 is 15.8 Å². The summed E-state index contributed by atoms with van der Waals surface area (Å²) in [6.45, 7) is 1.89. The van der Waals surface area contributed by atoms with E-state index in [0.717, 1.165) is 29.7 Å². The molecule has 0 radical (unpaired) electrons. The SMILES string of the molecule is N/C(=N/O)c1ccc(N2CCc3ccccc3C2)c(Br)c1. The van der Waals surface area contributed by atoms with Crippen LogP contribution in [0.2, 0.25) is 0 Å². The van der Waals surface area contributed by atoms with Crippen molar-refractivity contribution in [2.75, 3.05) is 11.4 Å². The molecule has 0 saturated carbocycles. The molecule has 0 aromatic heterocycles. The monoisotopic (exact) mass is 345 g/mol. The van der Waals surface area contributed by atoms with Crippen molar-refractivity contribution in [3.8, 4) is 0 Å². The Morgan fingerprint density at radius 3 is 2.67 bits per heavy atom. The van der Waals surface area contributed by atoms with Crippen LogP contribution in [0.3, 0.4) is 0 Å². The second kappa shape index (κ2) is 5.77. The minimum absolute atomic E-state index is 0.117. The minimum atomic E-state index is 0.117. The fourth-order valence-corrected chi connectivity index (χ4v) is 3.31. The van der Waals surface area contributed by atoms with Crippen molar-refractivity contribution in [3.05, 3.63) is 63.6 Å². The first kappa shape index (κ1) is 13.9. The average molecular weight is 346 g/mol. The maximum Gasteiger partial charge on any atom is 0.170 e. The van der Waals surface area contributed by atoms with Gasteiger partial charge in [-0.05, 0) is 51.7 Å². The molecule has 0 amide bonds. The molecule has 0 fully saturated rings. The Bertz CT molecular complexity index is 700. The molecule has 1 heterocycles. The Morgan fingerprint density at radius 1 is 1.19 bits per heavy atom. The summed E-state index contributed by atoms with van der Waals surface area (Å²) >= 11 is 3.59. The number of fused-ring (bicyclic) bond motifs is 1. The van der Waals surface area contributed by atoms with Crippen LogP contribution in [0, 0.1) is 0 Å². The van der Waals surface area contributed by atoms with Crippen molar-refractivity contribution in [2.24, 2.45) is 10.9 Å². The van der Waals surface area contributed by atoms with E-state index >= 15 is 0 Å². The van der Waals surface area contributed by atoms with E-state index < -0.39 is 0 Å². The second-order valence-electron chi connectivity index (χ2n) is 5.09. The van der Waals surface area contributed by atoms with Crippen molar-refractivity contribution in [1.29, 1.82) is 0 Å². The van der Waals surface area contributed by atoms with Crippen molar-refractivity contribution in [3.63, 3.8) is 0 Å². The van der Waals surface area contributed by atoms with E-state index in [1.54, 1.807) is 0 Å². The number of hydrogen-bond donors (Lipinski definition) is 2. The molecule has 4 nitrogen and oxygen atoms in total.